The first-order valence-corrected chi connectivity index (χ1v) is 7.58. The highest BCUT2D eigenvalue weighted by Crippen LogP contribution is 2.37. The van der Waals surface area contributed by atoms with E-state index in [9.17, 15) is 9.59 Å². The van der Waals surface area contributed by atoms with Crippen molar-refractivity contribution in [2.45, 2.75) is 19.3 Å². The number of anilines is 1. The third-order valence-electron chi connectivity index (χ3n) is 4.02. The number of para-hydroxylation sites is 1. The Morgan fingerprint density at radius 1 is 1.30 bits per heavy atom. The molecule has 0 saturated heterocycles. The van der Waals surface area contributed by atoms with Crippen LogP contribution in [0.25, 0.3) is 0 Å². The first-order valence-electron chi connectivity index (χ1n) is 7.58. The van der Waals surface area contributed by atoms with Gasteiger partial charge in [-0.25, -0.2) is 4.98 Å². The Labute approximate surface area is 134 Å². The fraction of sp³-hybridized carbons (Fsp3) is 0.294. The molecule has 0 fully saturated rings. The van der Waals surface area contributed by atoms with Crippen molar-refractivity contribution < 1.29 is 9.59 Å². The van der Waals surface area contributed by atoms with Crippen LogP contribution in [-0.2, 0) is 4.79 Å². The van der Waals surface area contributed by atoms with Crippen LogP contribution in [-0.4, -0.2) is 34.9 Å². The molecular formula is C17H18N4O2. The van der Waals surface area contributed by atoms with Gasteiger partial charge in [0.2, 0.25) is 5.91 Å². The Kier molecular flexibility index (Phi) is 4.32. The van der Waals surface area contributed by atoms with Crippen LogP contribution in [0.5, 0.6) is 0 Å². The van der Waals surface area contributed by atoms with Crippen LogP contribution in [0.1, 0.15) is 35.3 Å². The maximum absolute atomic E-state index is 12.0. The number of rotatable bonds is 4. The number of amides is 2. The summed E-state index contributed by atoms with van der Waals surface area (Å²) in [5, 5.41) is 2.86. The third-order valence-corrected chi connectivity index (χ3v) is 4.02. The lowest BCUT2D eigenvalue weighted by atomic mass is 9.98. The fourth-order valence-electron chi connectivity index (χ4n) is 2.91. The Morgan fingerprint density at radius 2 is 2.13 bits per heavy atom. The van der Waals surface area contributed by atoms with Gasteiger partial charge < -0.3 is 10.2 Å². The summed E-state index contributed by atoms with van der Waals surface area (Å²) in [5.41, 5.74) is 2.45. The van der Waals surface area contributed by atoms with E-state index in [-0.39, 0.29) is 17.7 Å². The monoisotopic (exact) mass is 310 g/mol. The largest absolute Gasteiger partial charge is 0.351 e. The van der Waals surface area contributed by atoms with Gasteiger partial charge in [0.05, 0.1) is 6.20 Å². The van der Waals surface area contributed by atoms with Gasteiger partial charge >= 0.3 is 0 Å². The van der Waals surface area contributed by atoms with Crippen molar-refractivity contribution in [1.82, 2.24) is 15.3 Å². The van der Waals surface area contributed by atoms with E-state index in [1.807, 2.05) is 24.3 Å². The lowest BCUT2D eigenvalue weighted by Gasteiger charge is -2.15. The van der Waals surface area contributed by atoms with Gasteiger partial charge in [-0.3, -0.25) is 14.6 Å². The number of carbonyl (C=O) groups excluding carboxylic acids is 2. The molecule has 6 nitrogen and oxygen atoms in total. The topological polar surface area (TPSA) is 75.2 Å². The Balaban J connectivity index is 1.61. The maximum atomic E-state index is 12.0. The summed E-state index contributed by atoms with van der Waals surface area (Å²) in [5.74, 6) is 0.0496. The lowest BCUT2D eigenvalue weighted by Crippen LogP contribution is -2.29. The van der Waals surface area contributed by atoms with Crippen molar-refractivity contribution in [3.8, 4) is 0 Å². The van der Waals surface area contributed by atoms with Gasteiger partial charge in [0.1, 0.15) is 5.69 Å². The molecule has 118 valence electrons. The smallest absolute Gasteiger partial charge is 0.271 e. The summed E-state index contributed by atoms with van der Waals surface area (Å²) in [6.07, 6.45) is 5.24. The molecule has 6 heteroatoms. The maximum Gasteiger partial charge on any atom is 0.271 e. The van der Waals surface area contributed by atoms with E-state index in [0.717, 1.165) is 17.7 Å². The number of hydrogen-bond donors (Lipinski definition) is 1. The minimum absolute atomic E-state index is 0.0449. The minimum Gasteiger partial charge on any atom is -0.351 e. The van der Waals surface area contributed by atoms with Crippen molar-refractivity contribution in [3.63, 3.8) is 0 Å². The second-order valence-electron chi connectivity index (χ2n) is 5.52. The van der Waals surface area contributed by atoms with E-state index in [2.05, 4.69) is 15.3 Å². The molecule has 1 aliphatic rings. The van der Waals surface area contributed by atoms with E-state index in [1.165, 1.54) is 18.6 Å². The third kappa shape index (κ3) is 3.21. The molecule has 0 radical (unpaired) electrons. The highest BCUT2D eigenvalue weighted by molar-refractivity contribution is 5.94. The summed E-state index contributed by atoms with van der Waals surface area (Å²) in [4.78, 5) is 33.4. The second kappa shape index (κ2) is 6.56. The average Bonchev–Trinajstić information content (AvgIpc) is 2.95. The van der Waals surface area contributed by atoms with Crippen molar-refractivity contribution in [3.05, 3.63) is 54.1 Å². The molecule has 1 N–H and O–H groups in total. The Morgan fingerprint density at radius 3 is 2.87 bits per heavy atom. The molecule has 0 aliphatic carbocycles. The number of aromatic nitrogens is 2. The minimum atomic E-state index is -0.229. The van der Waals surface area contributed by atoms with Gasteiger partial charge in [0.15, 0.2) is 0 Å². The van der Waals surface area contributed by atoms with Crippen molar-refractivity contribution in [1.29, 1.82) is 0 Å². The first-order chi connectivity index (χ1) is 11.2. The molecule has 1 atom stereocenters. The molecule has 23 heavy (non-hydrogen) atoms. The normalized spacial score (nSPS) is 16.0. The predicted molar refractivity (Wildman–Crippen MR) is 86.2 cm³/mol. The molecule has 1 aliphatic heterocycles. The lowest BCUT2D eigenvalue weighted by molar-refractivity contribution is -0.116. The molecule has 2 amide bonds. The van der Waals surface area contributed by atoms with E-state index < -0.39 is 0 Å². The summed E-state index contributed by atoms with van der Waals surface area (Å²) in [7, 11) is 0. The Bertz CT molecular complexity index is 718. The van der Waals surface area contributed by atoms with Crippen LogP contribution >= 0.6 is 0 Å². The summed E-state index contributed by atoms with van der Waals surface area (Å²) >= 11 is 0. The molecule has 0 bridgehead atoms. The number of nitrogens with one attached hydrogen (secondary N) is 1. The van der Waals surface area contributed by atoms with Gasteiger partial charge in [-0.05, 0) is 18.1 Å². The molecule has 1 aromatic carbocycles. The van der Waals surface area contributed by atoms with Crippen LogP contribution < -0.4 is 10.2 Å². The van der Waals surface area contributed by atoms with Crippen LogP contribution in [0.3, 0.4) is 0 Å². The van der Waals surface area contributed by atoms with Crippen LogP contribution in [0, 0.1) is 0 Å². The summed E-state index contributed by atoms with van der Waals surface area (Å²) in [6, 6.07) is 7.93. The number of nitrogens with zero attached hydrogens (tertiary/aromatic N) is 3. The molecule has 0 saturated carbocycles. The average molecular weight is 310 g/mol. The van der Waals surface area contributed by atoms with E-state index in [0.29, 0.717) is 18.8 Å². The van der Waals surface area contributed by atoms with Gasteiger partial charge in [0.25, 0.3) is 5.91 Å². The van der Waals surface area contributed by atoms with Crippen LogP contribution in [0.15, 0.2) is 42.9 Å². The zero-order chi connectivity index (χ0) is 16.2. The van der Waals surface area contributed by atoms with Crippen molar-refractivity contribution >= 4 is 17.5 Å². The molecular weight excluding hydrogens is 292 g/mol. The first kappa shape index (κ1) is 15.1. The molecule has 3 rings (SSSR count). The number of benzene rings is 1. The molecule has 0 spiro atoms. The summed E-state index contributed by atoms with van der Waals surface area (Å²) < 4.78 is 0. The standard InChI is InChI=1S/C17H18N4O2/c1-12(22)21-11-13(14-4-2-3-5-16(14)21)6-7-20-17(23)15-10-18-8-9-19-15/h2-5,8-10,13H,6-7,11H2,1H3,(H,20,23). The van der Waals surface area contributed by atoms with Gasteiger partial charge in [-0.2, -0.15) is 0 Å². The predicted octanol–water partition coefficient (Wildman–Crippen LogP) is 1.75. The van der Waals surface area contributed by atoms with Gasteiger partial charge in [0, 0.05) is 44.0 Å². The van der Waals surface area contributed by atoms with Crippen LogP contribution in [0.2, 0.25) is 0 Å². The van der Waals surface area contributed by atoms with E-state index in [1.54, 1.807) is 11.8 Å². The summed E-state index contributed by atoms with van der Waals surface area (Å²) in [6.45, 7) is 2.77. The zero-order valence-corrected chi connectivity index (χ0v) is 12.9. The van der Waals surface area contributed by atoms with Crippen LogP contribution in [0.4, 0.5) is 5.69 Å². The molecule has 2 heterocycles. The van der Waals surface area contributed by atoms with Gasteiger partial charge in [-0.15, -0.1) is 0 Å². The molecule has 1 aromatic heterocycles. The quantitative estimate of drug-likeness (QED) is 0.933. The number of hydrogen-bond acceptors (Lipinski definition) is 4. The van der Waals surface area contributed by atoms with E-state index >= 15 is 0 Å². The number of fused-ring (bicyclic) bond motifs is 1. The van der Waals surface area contributed by atoms with E-state index in [4.69, 9.17) is 0 Å². The molecule has 1 unspecified atom stereocenters. The van der Waals surface area contributed by atoms with Crippen molar-refractivity contribution in [2.75, 3.05) is 18.0 Å². The fourth-order valence-corrected chi connectivity index (χ4v) is 2.91. The van der Waals surface area contributed by atoms with Crippen molar-refractivity contribution in [2.24, 2.45) is 0 Å². The second-order valence-corrected chi connectivity index (χ2v) is 5.52. The Hall–Kier alpha value is -2.76. The highest BCUT2D eigenvalue weighted by atomic mass is 16.2. The highest BCUT2D eigenvalue weighted by Gasteiger charge is 2.30. The van der Waals surface area contributed by atoms with Gasteiger partial charge in [-0.1, -0.05) is 18.2 Å². The molecule has 2 aromatic rings. The SMILES string of the molecule is CC(=O)N1CC(CCNC(=O)c2cnccn2)c2ccccc21. The zero-order valence-electron chi connectivity index (χ0n) is 12.9. The number of carbonyl (C=O) groups is 2.